The first kappa shape index (κ1) is 21.6. The van der Waals surface area contributed by atoms with E-state index in [0.29, 0.717) is 0 Å². The summed E-state index contributed by atoms with van der Waals surface area (Å²) in [4.78, 5) is 12.9. The molecule has 4 nitrogen and oxygen atoms in total. The molecule has 6 rings (SSSR count). The second-order valence-electron chi connectivity index (χ2n) is 6.78. The molecule has 0 fully saturated rings. The van der Waals surface area contributed by atoms with Crippen molar-refractivity contribution in [2.45, 2.75) is 0 Å². The summed E-state index contributed by atoms with van der Waals surface area (Å²) in [7, 11) is 0. The summed E-state index contributed by atoms with van der Waals surface area (Å²) in [5, 5.41) is 0.982. The molecule has 0 saturated carbocycles. The quantitative estimate of drug-likeness (QED) is 0.219. The van der Waals surface area contributed by atoms with Crippen LogP contribution in [0.4, 0.5) is 0 Å². The molecule has 0 saturated heterocycles. The third kappa shape index (κ3) is 4.65. The fourth-order valence-electron chi connectivity index (χ4n) is 3.28. The van der Waals surface area contributed by atoms with Crippen LogP contribution in [-0.2, 0) is 20.1 Å². The molecule has 0 aliphatic carbocycles. The van der Waals surface area contributed by atoms with Crippen molar-refractivity contribution in [1.29, 1.82) is 0 Å². The molecule has 0 N–H and O–H groups in total. The van der Waals surface area contributed by atoms with Crippen molar-refractivity contribution in [3.63, 3.8) is 0 Å². The van der Waals surface area contributed by atoms with Gasteiger partial charge in [-0.2, -0.15) is 0 Å². The van der Waals surface area contributed by atoms with Crippen molar-refractivity contribution in [1.82, 2.24) is 15.0 Å². The Morgan fingerprint density at radius 1 is 0.625 bits per heavy atom. The second-order valence-corrected chi connectivity index (χ2v) is 6.78. The summed E-state index contributed by atoms with van der Waals surface area (Å²) in [6, 6.07) is 33.5. The molecule has 1 radical (unpaired) electrons. The third-order valence-corrected chi connectivity index (χ3v) is 4.75. The number of benzene rings is 2. The predicted octanol–water partition coefficient (Wildman–Crippen LogP) is 6.39. The Morgan fingerprint density at radius 2 is 1.34 bits per heavy atom. The molecule has 0 atom stereocenters. The number of rotatable bonds is 2. The van der Waals surface area contributed by atoms with E-state index in [4.69, 9.17) is 4.42 Å². The molecule has 6 aromatic rings. The van der Waals surface area contributed by atoms with Crippen LogP contribution in [0.3, 0.4) is 0 Å². The number of aromatic nitrogens is 3. The number of furan rings is 1. The molecule has 2 aromatic carbocycles. The average molecular weight is 592 g/mol. The van der Waals surface area contributed by atoms with E-state index in [1.165, 1.54) is 0 Å². The molecule has 0 aliphatic heterocycles. The van der Waals surface area contributed by atoms with Crippen molar-refractivity contribution in [3.8, 4) is 22.5 Å². The van der Waals surface area contributed by atoms with Crippen LogP contribution in [0, 0.1) is 12.1 Å². The average Bonchev–Trinajstić information content (AvgIpc) is 3.24. The van der Waals surface area contributed by atoms with Gasteiger partial charge in [0.05, 0.1) is 11.1 Å². The van der Waals surface area contributed by atoms with E-state index in [9.17, 15) is 0 Å². The molecule has 0 spiro atoms. The van der Waals surface area contributed by atoms with Gasteiger partial charge in [-0.25, -0.2) is 0 Å². The van der Waals surface area contributed by atoms with E-state index in [1.54, 1.807) is 18.6 Å². The Kier molecular flexibility index (Phi) is 6.81. The van der Waals surface area contributed by atoms with Crippen LogP contribution in [0.15, 0.2) is 108 Å². The fourth-order valence-corrected chi connectivity index (χ4v) is 3.28. The summed E-state index contributed by atoms with van der Waals surface area (Å²) in [6.45, 7) is 0. The molecule has 0 bridgehead atoms. The van der Waals surface area contributed by atoms with Crippen molar-refractivity contribution in [2.75, 3.05) is 0 Å². The molecule has 0 aliphatic rings. The summed E-state index contributed by atoms with van der Waals surface area (Å²) >= 11 is 0. The van der Waals surface area contributed by atoms with Gasteiger partial charge >= 0.3 is 0 Å². The van der Waals surface area contributed by atoms with Crippen LogP contribution in [0.25, 0.3) is 44.6 Å². The number of pyridine rings is 3. The summed E-state index contributed by atoms with van der Waals surface area (Å²) in [5.74, 6) is 0. The second kappa shape index (κ2) is 10.1. The predicted molar refractivity (Wildman–Crippen MR) is 122 cm³/mol. The van der Waals surface area contributed by atoms with E-state index in [-0.39, 0.29) is 20.1 Å². The smallest absolute Gasteiger partial charge is 0.141 e. The standard InChI is InChI=1S/C16H9N2O.C11H8N.Ir/c1-2-8-17-13(4-1)11-6-7-12-15(10-11)19-14-5-3-9-18-16(12)14;1-2-6-10(7-3-1)11-8-4-5-9-12-11;/h1-5,7-10H;1-6,8-9H;/q2*-1;. The zero-order chi connectivity index (χ0) is 20.9. The Morgan fingerprint density at radius 3 is 2.03 bits per heavy atom. The zero-order valence-electron chi connectivity index (χ0n) is 16.9. The monoisotopic (exact) mass is 592 g/mol. The number of hydrogen-bond donors (Lipinski definition) is 0. The molecule has 0 amide bonds. The fraction of sp³-hybridized carbons (Fsp3) is 0. The third-order valence-electron chi connectivity index (χ3n) is 4.75. The van der Waals surface area contributed by atoms with Gasteiger partial charge in [0.2, 0.25) is 0 Å². The van der Waals surface area contributed by atoms with E-state index >= 15 is 0 Å². The topological polar surface area (TPSA) is 51.8 Å². The molecule has 4 aromatic heterocycles. The first-order chi connectivity index (χ1) is 15.4. The van der Waals surface area contributed by atoms with Crippen LogP contribution in [0.5, 0.6) is 0 Å². The van der Waals surface area contributed by atoms with Gasteiger partial charge < -0.3 is 14.4 Å². The Balaban J connectivity index is 0.000000164. The van der Waals surface area contributed by atoms with E-state index in [2.05, 4.69) is 27.1 Å². The molecule has 0 unspecified atom stereocenters. The minimum atomic E-state index is 0. The van der Waals surface area contributed by atoms with Crippen LogP contribution >= 0.6 is 0 Å². The summed E-state index contributed by atoms with van der Waals surface area (Å²) < 4.78 is 5.80. The van der Waals surface area contributed by atoms with Crippen molar-refractivity contribution in [2.24, 2.45) is 0 Å². The normalized spacial score (nSPS) is 10.2. The largest absolute Gasteiger partial charge is 0.475 e. The van der Waals surface area contributed by atoms with Crippen LogP contribution in [-0.4, -0.2) is 15.0 Å². The minimum Gasteiger partial charge on any atom is -0.475 e. The molecular formula is C27H17IrN3O-2. The van der Waals surface area contributed by atoms with Gasteiger partial charge in [0.15, 0.2) is 0 Å². The molecule has 4 heterocycles. The van der Waals surface area contributed by atoms with Gasteiger partial charge in [-0.1, -0.05) is 30.3 Å². The van der Waals surface area contributed by atoms with E-state index in [1.807, 2.05) is 84.9 Å². The van der Waals surface area contributed by atoms with Crippen LogP contribution < -0.4 is 0 Å². The maximum Gasteiger partial charge on any atom is 0.141 e. The van der Waals surface area contributed by atoms with E-state index in [0.717, 1.165) is 44.6 Å². The van der Waals surface area contributed by atoms with Crippen LogP contribution in [0.2, 0.25) is 0 Å². The van der Waals surface area contributed by atoms with Crippen molar-refractivity contribution < 1.29 is 24.5 Å². The Hall–Kier alpha value is -3.66. The van der Waals surface area contributed by atoms with Gasteiger partial charge in [-0.3, -0.25) is 4.98 Å². The Labute approximate surface area is 199 Å². The van der Waals surface area contributed by atoms with E-state index < -0.39 is 0 Å². The van der Waals surface area contributed by atoms with Crippen LogP contribution in [0.1, 0.15) is 0 Å². The summed E-state index contributed by atoms with van der Waals surface area (Å²) in [5.41, 5.74) is 6.31. The SMILES string of the molecule is [Ir].[c-]1cc2c(cc1-c1ccccn1)oc1cccnc12.[c-]1ccccc1-c1ccccn1. The van der Waals surface area contributed by atoms with Gasteiger partial charge in [-0.05, 0) is 41.0 Å². The van der Waals surface area contributed by atoms with Gasteiger partial charge in [0.1, 0.15) is 5.58 Å². The zero-order valence-corrected chi connectivity index (χ0v) is 19.3. The number of fused-ring (bicyclic) bond motifs is 3. The molecule has 157 valence electrons. The molecular weight excluding hydrogens is 575 g/mol. The van der Waals surface area contributed by atoms with Crippen molar-refractivity contribution >= 4 is 22.1 Å². The minimum absolute atomic E-state index is 0. The number of nitrogens with zero attached hydrogens (tertiary/aromatic N) is 3. The summed E-state index contributed by atoms with van der Waals surface area (Å²) in [6.07, 6.45) is 5.33. The Bertz CT molecular complexity index is 1380. The maximum atomic E-state index is 5.80. The molecule has 32 heavy (non-hydrogen) atoms. The van der Waals surface area contributed by atoms with Crippen molar-refractivity contribution in [3.05, 3.63) is 116 Å². The number of hydrogen-bond acceptors (Lipinski definition) is 4. The first-order valence-corrected chi connectivity index (χ1v) is 9.87. The van der Waals surface area contributed by atoms with Gasteiger partial charge in [0.25, 0.3) is 0 Å². The van der Waals surface area contributed by atoms with Gasteiger partial charge in [0, 0.05) is 38.7 Å². The first-order valence-electron chi connectivity index (χ1n) is 9.87. The molecule has 5 heteroatoms. The maximum absolute atomic E-state index is 5.80. The van der Waals surface area contributed by atoms with Gasteiger partial charge in [-0.15, -0.1) is 53.6 Å².